The summed E-state index contributed by atoms with van der Waals surface area (Å²) in [7, 11) is 0. The third kappa shape index (κ3) is 9.58. The summed E-state index contributed by atoms with van der Waals surface area (Å²) >= 11 is 0. The second kappa shape index (κ2) is 14.2. The zero-order valence-corrected chi connectivity index (χ0v) is 18.2. The van der Waals surface area contributed by atoms with Gasteiger partial charge in [0.15, 0.2) is 0 Å². The zero-order chi connectivity index (χ0) is 24.1. The van der Waals surface area contributed by atoms with Crippen LogP contribution in [0.15, 0.2) is 24.8 Å². The first-order chi connectivity index (χ1) is 15.9. The molecule has 0 saturated carbocycles. The number of rotatable bonds is 18. The number of nitro groups is 2. The van der Waals surface area contributed by atoms with Gasteiger partial charge < -0.3 is 46.4 Å². The van der Waals surface area contributed by atoms with E-state index in [1.165, 1.54) is 33.9 Å². The average molecular weight is 470 g/mol. The predicted octanol–water partition coefficient (Wildman–Crippen LogP) is -1.13. The summed E-state index contributed by atoms with van der Waals surface area (Å²) in [6.07, 6.45) is 5.79. The van der Waals surface area contributed by atoms with Gasteiger partial charge in [-0.3, -0.25) is 0 Å². The van der Waals surface area contributed by atoms with Crippen molar-refractivity contribution in [3.8, 4) is 0 Å². The first-order valence-electron chi connectivity index (χ1n) is 10.7. The van der Waals surface area contributed by atoms with Crippen LogP contribution in [0.1, 0.15) is 12.8 Å². The van der Waals surface area contributed by atoms with E-state index in [2.05, 4.69) is 25.9 Å². The van der Waals surface area contributed by atoms with Crippen LogP contribution in [0.2, 0.25) is 0 Å². The lowest BCUT2D eigenvalue weighted by Gasteiger charge is -2.12. The van der Waals surface area contributed by atoms with Gasteiger partial charge in [0.1, 0.15) is 24.8 Å². The Kier molecular flexibility index (Phi) is 11.3. The Morgan fingerprint density at radius 3 is 1.58 bits per heavy atom. The Labute approximate surface area is 190 Å². The van der Waals surface area contributed by atoms with E-state index < -0.39 is 22.1 Å². The minimum atomic E-state index is -0.757. The molecule has 0 aliphatic carbocycles. The Morgan fingerprint density at radius 2 is 1.18 bits per heavy atom. The molecular weight excluding hydrogens is 438 g/mol. The van der Waals surface area contributed by atoms with Crippen molar-refractivity contribution in [2.45, 2.75) is 38.1 Å². The molecule has 184 valence electrons. The van der Waals surface area contributed by atoms with Crippen molar-refractivity contribution in [2.75, 3.05) is 39.3 Å². The number of aromatic nitrogens is 4. The summed E-state index contributed by atoms with van der Waals surface area (Å²) in [4.78, 5) is 27.7. The molecule has 15 heteroatoms. The molecule has 2 unspecified atom stereocenters. The SMILES string of the molecule is O=[N+]([O-])c1nccn1CC(O)CNCCCNCCCNCC(O)Cn1ccnc1[N+](=O)[O-]. The second-order valence-electron chi connectivity index (χ2n) is 7.45. The number of aliphatic hydroxyl groups is 2. The van der Waals surface area contributed by atoms with Gasteiger partial charge in [-0.2, -0.15) is 0 Å². The Morgan fingerprint density at radius 1 is 0.788 bits per heavy atom. The quantitative estimate of drug-likeness (QED) is 0.100. The van der Waals surface area contributed by atoms with Crippen molar-refractivity contribution < 1.29 is 20.1 Å². The first-order valence-corrected chi connectivity index (χ1v) is 10.7. The van der Waals surface area contributed by atoms with Crippen molar-refractivity contribution >= 4 is 11.9 Å². The molecule has 2 rings (SSSR count). The highest BCUT2D eigenvalue weighted by molar-refractivity contribution is 5.07. The van der Waals surface area contributed by atoms with Crippen LogP contribution in [0.4, 0.5) is 11.9 Å². The molecule has 15 nitrogen and oxygen atoms in total. The molecule has 0 bridgehead atoms. The van der Waals surface area contributed by atoms with Gasteiger partial charge in [0.05, 0.1) is 25.3 Å². The summed E-state index contributed by atoms with van der Waals surface area (Å²) < 4.78 is 2.62. The monoisotopic (exact) mass is 469 g/mol. The number of nitrogens with one attached hydrogen (secondary N) is 3. The van der Waals surface area contributed by atoms with E-state index in [9.17, 15) is 30.4 Å². The molecule has 0 saturated heterocycles. The molecule has 0 aliphatic rings. The van der Waals surface area contributed by atoms with Gasteiger partial charge in [0, 0.05) is 13.1 Å². The minimum Gasteiger partial charge on any atom is -0.390 e. The van der Waals surface area contributed by atoms with Crippen LogP contribution in [0, 0.1) is 20.2 Å². The topological polar surface area (TPSA) is 198 Å². The lowest BCUT2D eigenvalue weighted by molar-refractivity contribution is -0.397. The molecule has 33 heavy (non-hydrogen) atoms. The van der Waals surface area contributed by atoms with Crippen molar-refractivity contribution in [3.63, 3.8) is 0 Å². The lowest BCUT2D eigenvalue weighted by Crippen LogP contribution is -2.33. The van der Waals surface area contributed by atoms with Crippen LogP contribution in [-0.4, -0.2) is 90.6 Å². The fraction of sp³-hybridized carbons (Fsp3) is 0.667. The van der Waals surface area contributed by atoms with Crippen LogP contribution in [0.25, 0.3) is 0 Å². The van der Waals surface area contributed by atoms with Crippen molar-refractivity contribution in [1.29, 1.82) is 0 Å². The highest BCUT2D eigenvalue weighted by Gasteiger charge is 2.18. The smallest absolute Gasteiger partial charge is 0.390 e. The Hall–Kier alpha value is -2.98. The molecule has 0 amide bonds. The third-order valence-electron chi connectivity index (χ3n) is 4.70. The summed E-state index contributed by atoms with van der Waals surface area (Å²) in [5.41, 5.74) is 0. The van der Waals surface area contributed by atoms with Gasteiger partial charge in [-0.15, -0.1) is 0 Å². The average Bonchev–Trinajstić information content (AvgIpc) is 3.41. The molecular formula is C18H31N9O6. The normalized spacial score (nSPS) is 13.2. The van der Waals surface area contributed by atoms with Gasteiger partial charge in [0.2, 0.25) is 0 Å². The standard InChI is InChI=1S/C18H31N9O6/c28-15(13-24-9-7-22-17(24)26(30)31)11-20-5-1-3-19-4-2-6-21-12-16(29)14-25-10-8-23-18(25)27(32)33/h7-10,15-16,19-21,28-29H,1-6,11-14H2. The summed E-state index contributed by atoms with van der Waals surface area (Å²) in [6.45, 7) is 3.83. The van der Waals surface area contributed by atoms with Gasteiger partial charge in [-0.25, -0.2) is 9.13 Å². The van der Waals surface area contributed by atoms with Crippen LogP contribution >= 0.6 is 0 Å². The summed E-state index contributed by atoms with van der Waals surface area (Å²) in [5, 5.41) is 51.1. The van der Waals surface area contributed by atoms with E-state index in [0.717, 1.165) is 25.9 Å². The van der Waals surface area contributed by atoms with Crippen molar-refractivity contribution in [3.05, 3.63) is 45.0 Å². The lowest BCUT2D eigenvalue weighted by atomic mass is 10.3. The van der Waals surface area contributed by atoms with E-state index in [0.29, 0.717) is 26.2 Å². The van der Waals surface area contributed by atoms with Crippen LogP contribution in [-0.2, 0) is 13.1 Å². The molecule has 2 atom stereocenters. The van der Waals surface area contributed by atoms with Crippen LogP contribution < -0.4 is 16.0 Å². The van der Waals surface area contributed by atoms with E-state index in [1.54, 1.807) is 0 Å². The molecule has 0 aromatic carbocycles. The first kappa shape index (κ1) is 26.3. The molecule has 2 aromatic rings. The molecule has 5 N–H and O–H groups in total. The maximum atomic E-state index is 10.8. The molecule has 2 aromatic heterocycles. The maximum Gasteiger partial charge on any atom is 0.434 e. The van der Waals surface area contributed by atoms with E-state index >= 15 is 0 Å². The van der Waals surface area contributed by atoms with Gasteiger partial charge in [-0.05, 0) is 48.9 Å². The number of hydrogen-bond acceptors (Lipinski definition) is 11. The molecule has 0 radical (unpaired) electrons. The zero-order valence-electron chi connectivity index (χ0n) is 18.2. The van der Waals surface area contributed by atoms with Crippen LogP contribution in [0.5, 0.6) is 0 Å². The highest BCUT2D eigenvalue weighted by atomic mass is 16.6. The maximum absolute atomic E-state index is 10.8. The highest BCUT2D eigenvalue weighted by Crippen LogP contribution is 2.08. The Bertz CT molecular complexity index is 790. The second-order valence-corrected chi connectivity index (χ2v) is 7.45. The fourth-order valence-electron chi connectivity index (χ4n) is 3.15. The van der Waals surface area contributed by atoms with Gasteiger partial charge >= 0.3 is 11.9 Å². The number of aliphatic hydroxyl groups excluding tert-OH is 2. The van der Waals surface area contributed by atoms with Crippen LogP contribution in [0.3, 0.4) is 0 Å². The molecule has 0 aliphatic heterocycles. The number of imidazole rings is 2. The number of hydrogen-bond donors (Lipinski definition) is 5. The Balaban J connectivity index is 1.42. The predicted molar refractivity (Wildman–Crippen MR) is 118 cm³/mol. The number of nitrogens with zero attached hydrogens (tertiary/aromatic N) is 6. The van der Waals surface area contributed by atoms with E-state index in [1.807, 2.05) is 0 Å². The van der Waals surface area contributed by atoms with Gasteiger partial charge in [0.25, 0.3) is 0 Å². The third-order valence-corrected chi connectivity index (χ3v) is 4.70. The van der Waals surface area contributed by atoms with Crippen molar-refractivity contribution in [2.24, 2.45) is 0 Å². The van der Waals surface area contributed by atoms with Crippen molar-refractivity contribution in [1.82, 2.24) is 35.1 Å². The molecule has 0 fully saturated rings. The summed E-state index contributed by atoms with van der Waals surface area (Å²) in [6, 6.07) is 0. The van der Waals surface area contributed by atoms with Gasteiger partial charge in [-0.1, -0.05) is 9.97 Å². The van der Waals surface area contributed by atoms with E-state index in [4.69, 9.17) is 0 Å². The largest absolute Gasteiger partial charge is 0.434 e. The fourth-order valence-corrected chi connectivity index (χ4v) is 3.15. The van der Waals surface area contributed by atoms with E-state index in [-0.39, 0.29) is 25.0 Å². The minimum absolute atomic E-state index is 0.0997. The molecule has 0 spiro atoms. The summed E-state index contributed by atoms with van der Waals surface area (Å²) in [5.74, 6) is -0.575. The molecule has 2 heterocycles.